The van der Waals surface area contributed by atoms with Crippen molar-refractivity contribution in [1.82, 2.24) is 4.90 Å². The molecule has 0 radical (unpaired) electrons. The van der Waals surface area contributed by atoms with Gasteiger partial charge in [0.25, 0.3) is 0 Å². The number of hydrogen-bond donors (Lipinski definition) is 1. The molecule has 0 aliphatic carbocycles. The second-order valence-electron chi connectivity index (χ2n) is 3.83. The van der Waals surface area contributed by atoms with Crippen LogP contribution >= 0.6 is 0 Å². The molecule has 15 heavy (non-hydrogen) atoms. The Labute approximate surface area is 92.4 Å². The minimum Gasteiger partial charge on any atom is -0.327 e. The summed E-state index contributed by atoms with van der Waals surface area (Å²) in [6.07, 6.45) is 4.10. The fraction of sp³-hybridized carbons (Fsp3) is 0.385. The van der Waals surface area contributed by atoms with Crippen LogP contribution in [0.5, 0.6) is 0 Å². The van der Waals surface area contributed by atoms with Crippen molar-refractivity contribution in [3.63, 3.8) is 0 Å². The molecule has 2 heteroatoms. The van der Waals surface area contributed by atoms with E-state index in [-0.39, 0.29) is 0 Å². The summed E-state index contributed by atoms with van der Waals surface area (Å²) in [5.41, 5.74) is 8.13. The number of likely N-dealkylation sites (N-methyl/N-ethyl adjacent to an activating group) is 1. The quantitative estimate of drug-likeness (QED) is 0.743. The molecule has 0 spiro atoms. The Kier molecular flexibility index (Phi) is 5.08. The lowest BCUT2D eigenvalue weighted by Gasteiger charge is -2.15. The van der Waals surface area contributed by atoms with E-state index in [9.17, 15) is 0 Å². The third-order valence-corrected chi connectivity index (χ3v) is 2.42. The first-order valence-electron chi connectivity index (χ1n) is 5.32. The Balaban J connectivity index is 2.47. The van der Waals surface area contributed by atoms with Gasteiger partial charge >= 0.3 is 0 Å². The monoisotopic (exact) mass is 204 g/mol. The van der Waals surface area contributed by atoms with Crippen molar-refractivity contribution in [3.8, 4) is 0 Å². The molecule has 0 unspecified atom stereocenters. The Morgan fingerprint density at radius 3 is 2.67 bits per heavy atom. The summed E-state index contributed by atoms with van der Waals surface area (Å²) in [7, 11) is 2.12. The minimum absolute atomic E-state index is 0.623. The number of hydrogen-bond acceptors (Lipinski definition) is 2. The molecule has 2 N–H and O–H groups in total. The summed E-state index contributed by atoms with van der Waals surface area (Å²) < 4.78 is 0. The van der Waals surface area contributed by atoms with Crippen molar-refractivity contribution >= 4 is 0 Å². The van der Waals surface area contributed by atoms with Crippen molar-refractivity contribution in [2.75, 3.05) is 20.1 Å². The van der Waals surface area contributed by atoms with Crippen molar-refractivity contribution in [2.24, 2.45) is 5.73 Å². The first-order valence-corrected chi connectivity index (χ1v) is 5.32. The normalized spacial score (nSPS) is 11.5. The predicted molar refractivity (Wildman–Crippen MR) is 65.7 cm³/mol. The van der Waals surface area contributed by atoms with Gasteiger partial charge in [0.1, 0.15) is 0 Å². The van der Waals surface area contributed by atoms with E-state index in [0.29, 0.717) is 6.54 Å². The highest BCUT2D eigenvalue weighted by Crippen LogP contribution is 2.08. The SMILES string of the molecule is Cc1ccccc1CN(C)CC=CCN. The first-order chi connectivity index (χ1) is 7.24. The number of nitrogens with two attached hydrogens (primary N) is 1. The van der Waals surface area contributed by atoms with Crippen LogP contribution in [0.4, 0.5) is 0 Å². The lowest BCUT2D eigenvalue weighted by atomic mass is 10.1. The predicted octanol–water partition coefficient (Wildman–Crippen LogP) is 1.94. The maximum Gasteiger partial charge on any atom is 0.0236 e. The summed E-state index contributed by atoms with van der Waals surface area (Å²) in [4.78, 5) is 2.27. The molecule has 0 fully saturated rings. The molecule has 0 atom stereocenters. The Morgan fingerprint density at radius 2 is 2.00 bits per heavy atom. The molecule has 0 saturated heterocycles. The minimum atomic E-state index is 0.623. The average molecular weight is 204 g/mol. The zero-order valence-electron chi connectivity index (χ0n) is 9.61. The van der Waals surface area contributed by atoms with Gasteiger partial charge in [-0.1, -0.05) is 36.4 Å². The summed E-state index contributed by atoms with van der Waals surface area (Å²) in [5.74, 6) is 0. The summed E-state index contributed by atoms with van der Waals surface area (Å²) in [5, 5.41) is 0. The number of benzene rings is 1. The molecule has 0 heterocycles. The van der Waals surface area contributed by atoms with Gasteiger partial charge < -0.3 is 5.73 Å². The van der Waals surface area contributed by atoms with Crippen LogP contribution in [-0.4, -0.2) is 25.0 Å². The van der Waals surface area contributed by atoms with E-state index in [1.165, 1.54) is 11.1 Å². The summed E-state index contributed by atoms with van der Waals surface area (Å²) >= 11 is 0. The summed E-state index contributed by atoms with van der Waals surface area (Å²) in [6, 6.07) is 8.50. The maximum atomic E-state index is 5.39. The summed E-state index contributed by atoms with van der Waals surface area (Å²) in [6.45, 7) is 4.71. The third-order valence-electron chi connectivity index (χ3n) is 2.42. The van der Waals surface area contributed by atoms with Gasteiger partial charge in [-0.2, -0.15) is 0 Å². The van der Waals surface area contributed by atoms with E-state index in [2.05, 4.69) is 49.2 Å². The zero-order chi connectivity index (χ0) is 11.1. The van der Waals surface area contributed by atoms with Gasteiger partial charge in [-0.05, 0) is 25.1 Å². The molecule has 0 aliphatic heterocycles. The van der Waals surface area contributed by atoms with Crippen LogP contribution in [0.25, 0.3) is 0 Å². The van der Waals surface area contributed by atoms with E-state index in [1.54, 1.807) is 0 Å². The molecule has 1 aromatic rings. The van der Waals surface area contributed by atoms with Crippen LogP contribution in [-0.2, 0) is 6.54 Å². The van der Waals surface area contributed by atoms with Crippen molar-refractivity contribution in [1.29, 1.82) is 0 Å². The molecule has 0 bridgehead atoms. The number of rotatable bonds is 5. The van der Waals surface area contributed by atoms with E-state index in [4.69, 9.17) is 5.73 Å². The van der Waals surface area contributed by atoms with Gasteiger partial charge in [-0.25, -0.2) is 0 Å². The molecule has 0 saturated carbocycles. The van der Waals surface area contributed by atoms with Crippen molar-refractivity contribution < 1.29 is 0 Å². The lowest BCUT2D eigenvalue weighted by molar-refractivity contribution is 0.362. The fourth-order valence-corrected chi connectivity index (χ4v) is 1.49. The molecular formula is C13H20N2. The Hall–Kier alpha value is -1.12. The van der Waals surface area contributed by atoms with Gasteiger partial charge in [0, 0.05) is 19.6 Å². The molecule has 82 valence electrons. The number of nitrogens with zero attached hydrogens (tertiary/aromatic N) is 1. The highest BCUT2D eigenvalue weighted by molar-refractivity contribution is 5.25. The average Bonchev–Trinajstić information content (AvgIpc) is 2.22. The Bertz CT molecular complexity index is 318. The van der Waals surface area contributed by atoms with Crippen LogP contribution in [0.1, 0.15) is 11.1 Å². The zero-order valence-corrected chi connectivity index (χ0v) is 9.61. The first kappa shape index (κ1) is 12.0. The maximum absolute atomic E-state index is 5.39. The fourth-order valence-electron chi connectivity index (χ4n) is 1.49. The van der Waals surface area contributed by atoms with Gasteiger partial charge in [-0.3, -0.25) is 4.90 Å². The molecule has 0 aliphatic rings. The van der Waals surface area contributed by atoms with Crippen LogP contribution in [0.15, 0.2) is 36.4 Å². The largest absolute Gasteiger partial charge is 0.327 e. The standard InChI is InChI=1S/C13H20N2/c1-12-7-3-4-8-13(12)11-15(2)10-6-5-9-14/h3-8H,9-11,14H2,1-2H3. The van der Waals surface area contributed by atoms with Crippen LogP contribution in [0, 0.1) is 6.92 Å². The van der Waals surface area contributed by atoms with Crippen LogP contribution < -0.4 is 5.73 Å². The van der Waals surface area contributed by atoms with E-state index in [0.717, 1.165) is 13.1 Å². The number of aryl methyl sites for hydroxylation is 1. The topological polar surface area (TPSA) is 29.3 Å². The molecular weight excluding hydrogens is 184 g/mol. The second kappa shape index (κ2) is 6.38. The Morgan fingerprint density at radius 1 is 1.27 bits per heavy atom. The third kappa shape index (κ3) is 4.28. The van der Waals surface area contributed by atoms with Gasteiger partial charge in [0.05, 0.1) is 0 Å². The van der Waals surface area contributed by atoms with E-state index >= 15 is 0 Å². The van der Waals surface area contributed by atoms with E-state index in [1.807, 2.05) is 6.08 Å². The van der Waals surface area contributed by atoms with Crippen molar-refractivity contribution in [3.05, 3.63) is 47.5 Å². The molecule has 2 nitrogen and oxygen atoms in total. The smallest absolute Gasteiger partial charge is 0.0236 e. The highest BCUT2D eigenvalue weighted by Gasteiger charge is 2.00. The van der Waals surface area contributed by atoms with Crippen molar-refractivity contribution in [2.45, 2.75) is 13.5 Å². The van der Waals surface area contributed by atoms with Gasteiger partial charge in [-0.15, -0.1) is 0 Å². The molecule has 1 aromatic carbocycles. The van der Waals surface area contributed by atoms with Crippen LogP contribution in [0.3, 0.4) is 0 Å². The second-order valence-corrected chi connectivity index (χ2v) is 3.83. The van der Waals surface area contributed by atoms with Crippen LogP contribution in [0.2, 0.25) is 0 Å². The molecule has 0 amide bonds. The molecule has 0 aromatic heterocycles. The lowest BCUT2D eigenvalue weighted by Crippen LogP contribution is -2.18. The van der Waals surface area contributed by atoms with Gasteiger partial charge in [0.15, 0.2) is 0 Å². The highest BCUT2D eigenvalue weighted by atomic mass is 15.1. The molecule has 1 rings (SSSR count). The van der Waals surface area contributed by atoms with E-state index < -0.39 is 0 Å². The van der Waals surface area contributed by atoms with Gasteiger partial charge in [0.2, 0.25) is 0 Å².